The number of carboxylic acid groups (broad SMARTS) is 1. The highest BCUT2D eigenvalue weighted by Crippen LogP contribution is 2.38. The quantitative estimate of drug-likeness (QED) is 0.649. The average molecular weight is 430 g/mol. The van der Waals surface area contributed by atoms with Crippen LogP contribution in [0, 0.1) is 17.3 Å². The number of carbonyl (C=O) groups is 2. The summed E-state index contributed by atoms with van der Waals surface area (Å²) in [6.07, 6.45) is 3.44. The van der Waals surface area contributed by atoms with E-state index in [9.17, 15) is 14.7 Å². The lowest BCUT2D eigenvalue weighted by molar-refractivity contribution is -0.126. The standard InChI is InChI=1S/C25H39N3O3/c1-25(2,3)14-8-11-22(27(4)24(30)31)23(29)26-21-13-12-19-16-28(17-20(19)21)15-18-9-6-5-7-10-18/h5-7,9-10,19-22H,8,11-17H2,1-4H3,(H,26,29)(H,30,31)/t19-,20+,21-,22-/m0/s1. The summed E-state index contributed by atoms with van der Waals surface area (Å²) in [7, 11) is 1.51. The Labute approximate surface area is 187 Å². The second-order valence-corrected chi connectivity index (χ2v) is 10.7. The second-order valence-electron chi connectivity index (χ2n) is 10.7. The Morgan fingerprint density at radius 2 is 1.90 bits per heavy atom. The summed E-state index contributed by atoms with van der Waals surface area (Å²) >= 11 is 0. The first-order chi connectivity index (χ1) is 14.6. The highest BCUT2D eigenvalue weighted by atomic mass is 16.4. The van der Waals surface area contributed by atoms with Crippen molar-refractivity contribution in [2.75, 3.05) is 20.1 Å². The molecule has 1 saturated carbocycles. The summed E-state index contributed by atoms with van der Waals surface area (Å²) in [5, 5.41) is 12.7. The zero-order valence-corrected chi connectivity index (χ0v) is 19.5. The SMILES string of the molecule is CN(C(=O)O)[C@@H](CCCC(C)(C)C)C(=O)N[C@H]1CC[C@H]2CN(Cc3ccccc3)C[C@H]21. The van der Waals surface area contributed by atoms with Crippen LogP contribution in [0.15, 0.2) is 30.3 Å². The van der Waals surface area contributed by atoms with E-state index in [1.54, 1.807) is 0 Å². The normalized spacial score (nSPS) is 24.6. The van der Waals surface area contributed by atoms with Gasteiger partial charge >= 0.3 is 6.09 Å². The van der Waals surface area contributed by atoms with Gasteiger partial charge in [-0.3, -0.25) is 14.6 Å². The molecule has 6 heteroatoms. The molecule has 0 spiro atoms. The fourth-order valence-electron chi connectivity index (χ4n) is 5.25. The minimum atomic E-state index is -1.05. The number of hydrogen-bond donors (Lipinski definition) is 2. The van der Waals surface area contributed by atoms with Gasteiger partial charge in [-0.25, -0.2) is 4.79 Å². The predicted octanol–water partition coefficient (Wildman–Crippen LogP) is 4.21. The van der Waals surface area contributed by atoms with Crippen LogP contribution < -0.4 is 5.32 Å². The Morgan fingerprint density at radius 3 is 2.55 bits per heavy atom. The summed E-state index contributed by atoms with van der Waals surface area (Å²) in [6.45, 7) is 9.53. The summed E-state index contributed by atoms with van der Waals surface area (Å²) in [5.41, 5.74) is 1.50. The number of benzene rings is 1. The van der Waals surface area contributed by atoms with Crippen LogP contribution in [0.5, 0.6) is 0 Å². The molecule has 0 unspecified atom stereocenters. The monoisotopic (exact) mass is 429 g/mol. The molecular formula is C25H39N3O3. The first kappa shape index (κ1) is 23.6. The Balaban J connectivity index is 1.57. The van der Waals surface area contributed by atoms with E-state index in [1.807, 2.05) is 6.07 Å². The van der Waals surface area contributed by atoms with Gasteiger partial charge in [0.15, 0.2) is 0 Å². The number of nitrogens with zero attached hydrogens (tertiary/aromatic N) is 2. The van der Waals surface area contributed by atoms with Crippen molar-refractivity contribution in [2.24, 2.45) is 17.3 Å². The van der Waals surface area contributed by atoms with Crippen molar-refractivity contribution in [3.05, 3.63) is 35.9 Å². The molecule has 1 saturated heterocycles. The van der Waals surface area contributed by atoms with Gasteiger partial charge < -0.3 is 10.4 Å². The van der Waals surface area contributed by atoms with Crippen LogP contribution in [0.4, 0.5) is 4.79 Å². The second kappa shape index (κ2) is 10.0. The Bertz CT molecular complexity index is 746. The van der Waals surface area contributed by atoms with Gasteiger partial charge in [-0.15, -0.1) is 0 Å². The first-order valence-electron chi connectivity index (χ1n) is 11.7. The van der Waals surface area contributed by atoms with Crippen LogP contribution in [0.2, 0.25) is 0 Å². The topological polar surface area (TPSA) is 72.9 Å². The molecule has 172 valence electrons. The molecular weight excluding hydrogens is 390 g/mol. The number of likely N-dealkylation sites (tertiary alicyclic amines) is 1. The van der Waals surface area contributed by atoms with E-state index in [0.717, 1.165) is 45.3 Å². The van der Waals surface area contributed by atoms with Crippen molar-refractivity contribution in [3.63, 3.8) is 0 Å². The Hall–Kier alpha value is -2.08. The average Bonchev–Trinajstić information content (AvgIpc) is 3.25. The molecule has 1 aliphatic heterocycles. The van der Waals surface area contributed by atoms with E-state index in [1.165, 1.54) is 17.5 Å². The minimum absolute atomic E-state index is 0.133. The molecule has 0 aromatic heterocycles. The van der Waals surface area contributed by atoms with Crippen molar-refractivity contribution in [1.82, 2.24) is 15.1 Å². The largest absolute Gasteiger partial charge is 0.465 e. The number of likely N-dealkylation sites (N-methyl/N-ethyl adjacent to an activating group) is 1. The molecule has 31 heavy (non-hydrogen) atoms. The van der Waals surface area contributed by atoms with Crippen molar-refractivity contribution in [3.8, 4) is 0 Å². The molecule has 4 atom stereocenters. The van der Waals surface area contributed by atoms with Gasteiger partial charge in [0, 0.05) is 32.7 Å². The number of hydrogen-bond acceptors (Lipinski definition) is 3. The lowest BCUT2D eigenvalue weighted by Gasteiger charge is -2.29. The third kappa shape index (κ3) is 6.45. The molecule has 1 aromatic rings. The first-order valence-corrected chi connectivity index (χ1v) is 11.7. The van der Waals surface area contributed by atoms with Crippen molar-refractivity contribution < 1.29 is 14.7 Å². The number of nitrogens with one attached hydrogen (secondary N) is 1. The molecule has 1 aliphatic carbocycles. The highest BCUT2D eigenvalue weighted by Gasteiger charge is 2.43. The Kier molecular flexibility index (Phi) is 7.63. The van der Waals surface area contributed by atoms with E-state index in [-0.39, 0.29) is 17.4 Å². The summed E-state index contributed by atoms with van der Waals surface area (Å²) in [5.74, 6) is 0.939. The molecule has 2 fully saturated rings. The zero-order chi connectivity index (χ0) is 22.6. The van der Waals surface area contributed by atoms with Gasteiger partial charge in [-0.1, -0.05) is 57.5 Å². The van der Waals surface area contributed by atoms with Crippen LogP contribution in [-0.4, -0.2) is 59.1 Å². The fourth-order valence-corrected chi connectivity index (χ4v) is 5.25. The van der Waals surface area contributed by atoms with Gasteiger partial charge in [-0.2, -0.15) is 0 Å². The van der Waals surface area contributed by atoms with Crippen LogP contribution in [-0.2, 0) is 11.3 Å². The molecule has 6 nitrogen and oxygen atoms in total. The van der Waals surface area contributed by atoms with E-state index in [2.05, 4.69) is 55.3 Å². The summed E-state index contributed by atoms with van der Waals surface area (Å²) in [6, 6.07) is 10.0. The van der Waals surface area contributed by atoms with Crippen molar-refractivity contribution in [2.45, 2.75) is 71.5 Å². The molecule has 3 rings (SSSR count). The molecule has 0 bridgehead atoms. The lowest BCUT2D eigenvalue weighted by atomic mass is 9.88. The van der Waals surface area contributed by atoms with Crippen LogP contribution in [0.25, 0.3) is 0 Å². The van der Waals surface area contributed by atoms with Crippen LogP contribution in [0.1, 0.15) is 58.4 Å². The number of carbonyl (C=O) groups excluding carboxylic acids is 1. The predicted molar refractivity (Wildman–Crippen MR) is 123 cm³/mol. The number of amides is 2. The molecule has 1 heterocycles. The maximum atomic E-state index is 13.1. The lowest BCUT2D eigenvalue weighted by Crippen LogP contribution is -2.51. The smallest absolute Gasteiger partial charge is 0.407 e. The van der Waals surface area contributed by atoms with Crippen molar-refractivity contribution in [1.29, 1.82) is 0 Å². The molecule has 2 aliphatic rings. The molecule has 2 N–H and O–H groups in total. The van der Waals surface area contributed by atoms with E-state index < -0.39 is 12.1 Å². The maximum absolute atomic E-state index is 13.1. The summed E-state index contributed by atoms with van der Waals surface area (Å²) < 4.78 is 0. The van der Waals surface area contributed by atoms with Crippen molar-refractivity contribution >= 4 is 12.0 Å². The van der Waals surface area contributed by atoms with Crippen LogP contribution >= 0.6 is 0 Å². The number of fused-ring (bicyclic) bond motifs is 1. The van der Waals surface area contributed by atoms with Gasteiger partial charge in [0.2, 0.25) is 5.91 Å². The van der Waals surface area contributed by atoms with E-state index in [4.69, 9.17) is 0 Å². The van der Waals surface area contributed by atoms with Gasteiger partial charge in [0.1, 0.15) is 6.04 Å². The van der Waals surface area contributed by atoms with Gasteiger partial charge in [-0.05, 0) is 48.5 Å². The fraction of sp³-hybridized carbons (Fsp3) is 0.680. The third-order valence-corrected chi connectivity index (χ3v) is 6.99. The third-order valence-electron chi connectivity index (χ3n) is 6.99. The van der Waals surface area contributed by atoms with E-state index in [0.29, 0.717) is 18.3 Å². The number of rotatable bonds is 8. The molecule has 0 radical (unpaired) electrons. The highest BCUT2D eigenvalue weighted by molar-refractivity contribution is 5.85. The van der Waals surface area contributed by atoms with E-state index >= 15 is 0 Å². The van der Waals surface area contributed by atoms with Crippen LogP contribution in [0.3, 0.4) is 0 Å². The molecule has 2 amide bonds. The maximum Gasteiger partial charge on any atom is 0.407 e. The zero-order valence-electron chi connectivity index (χ0n) is 19.5. The van der Waals surface area contributed by atoms with Gasteiger partial charge in [0.05, 0.1) is 0 Å². The van der Waals surface area contributed by atoms with Gasteiger partial charge in [0.25, 0.3) is 0 Å². The summed E-state index contributed by atoms with van der Waals surface area (Å²) in [4.78, 5) is 28.4. The minimum Gasteiger partial charge on any atom is -0.465 e. The molecule has 1 aromatic carbocycles. The Morgan fingerprint density at radius 1 is 1.19 bits per heavy atom.